The summed E-state index contributed by atoms with van der Waals surface area (Å²) >= 11 is 0. The first-order valence-corrected chi connectivity index (χ1v) is 18.5. The molecular formula is C52H32N2. The van der Waals surface area contributed by atoms with Crippen LogP contribution in [-0.4, -0.2) is 9.97 Å². The van der Waals surface area contributed by atoms with Crippen LogP contribution in [0, 0.1) is 0 Å². The van der Waals surface area contributed by atoms with Crippen LogP contribution in [0.15, 0.2) is 194 Å². The van der Waals surface area contributed by atoms with Gasteiger partial charge in [0.15, 0.2) is 0 Å². The molecule has 0 aliphatic heterocycles. The maximum Gasteiger partial charge on any atom is 0.0708 e. The van der Waals surface area contributed by atoms with Gasteiger partial charge >= 0.3 is 0 Å². The summed E-state index contributed by atoms with van der Waals surface area (Å²) in [5.41, 5.74) is 11.6. The van der Waals surface area contributed by atoms with E-state index in [1.165, 1.54) is 65.7 Å². The molecule has 0 aliphatic rings. The predicted molar refractivity (Wildman–Crippen MR) is 229 cm³/mol. The Balaban J connectivity index is 1.27. The fraction of sp³-hybridized carbons (Fsp3) is 0. The average molecular weight is 685 g/mol. The molecule has 0 N–H and O–H groups in total. The molecule has 0 saturated heterocycles. The summed E-state index contributed by atoms with van der Waals surface area (Å²) in [5, 5.41) is 11.9. The molecule has 250 valence electrons. The molecule has 2 heteroatoms. The lowest BCUT2D eigenvalue weighted by atomic mass is 9.83. The van der Waals surface area contributed by atoms with E-state index >= 15 is 0 Å². The molecule has 54 heavy (non-hydrogen) atoms. The molecule has 0 radical (unpaired) electrons. The van der Waals surface area contributed by atoms with Crippen molar-refractivity contribution in [2.75, 3.05) is 0 Å². The summed E-state index contributed by atoms with van der Waals surface area (Å²) in [5.74, 6) is 0. The number of nitrogens with zero attached hydrogens (tertiary/aromatic N) is 2. The molecule has 0 saturated carbocycles. The van der Waals surface area contributed by atoms with Crippen LogP contribution in [0.4, 0.5) is 0 Å². The van der Waals surface area contributed by atoms with Crippen LogP contribution in [0.5, 0.6) is 0 Å². The van der Waals surface area contributed by atoms with Crippen molar-refractivity contribution in [3.8, 4) is 44.5 Å². The highest BCUT2D eigenvalue weighted by Crippen LogP contribution is 2.49. The van der Waals surface area contributed by atoms with E-state index in [4.69, 9.17) is 9.97 Å². The van der Waals surface area contributed by atoms with Crippen LogP contribution in [-0.2, 0) is 0 Å². The van der Waals surface area contributed by atoms with Gasteiger partial charge in [-0.15, -0.1) is 0 Å². The van der Waals surface area contributed by atoms with E-state index in [1.54, 1.807) is 0 Å². The third-order valence-corrected chi connectivity index (χ3v) is 11.1. The van der Waals surface area contributed by atoms with E-state index in [2.05, 4.69) is 194 Å². The molecule has 2 aromatic heterocycles. The Morgan fingerprint density at radius 3 is 1.00 bits per heavy atom. The minimum atomic E-state index is 0.994. The lowest BCUT2D eigenvalue weighted by molar-refractivity contribution is 1.44. The lowest BCUT2D eigenvalue weighted by Crippen LogP contribution is -1.95. The quantitative estimate of drug-likeness (QED) is 0.136. The topological polar surface area (TPSA) is 25.8 Å². The van der Waals surface area contributed by atoms with Gasteiger partial charge in [-0.25, -0.2) is 0 Å². The first-order valence-electron chi connectivity index (χ1n) is 18.5. The zero-order chi connectivity index (χ0) is 35.6. The number of pyridine rings is 2. The summed E-state index contributed by atoms with van der Waals surface area (Å²) in [4.78, 5) is 10.1. The Morgan fingerprint density at radius 2 is 0.574 bits per heavy atom. The van der Waals surface area contributed by atoms with Crippen LogP contribution in [0.3, 0.4) is 0 Å². The maximum atomic E-state index is 5.06. The molecule has 0 fully saturated rings. The molecule has 0 spiro atoms. The van der Waals surface area contributed by atoms with Crippen molar-refractivity contribution in [2.45, 2.75) is 0 Å². The average Bonchev–Trinajstić information content (AvgIpc) is 3.25. The van der Waals surface area contributed by atoms with Gasteiger partial charge in [-0.2, -0.15) is 0 Å². The Bertz CT molecular complexity index is 3040. The number of para-hydroxylation sites is 2. The molecule has 11 rings (SSSR count). The zero-order valence-electron chi connectivity index (χ0n) is 29.4. The molecule has 9 aromatic carbocycles. The smallest absolute Gasteiger partial charge is 0.0708 e. The number of fused-ring (bicyclic) bond motifs is 8. The van der Waals surface area contributed by atoms with E-state index in [9.17, 15) is 0 Å². The number of hydrogen-bond acceptors (Lipinski definition) is 2. The van der Waals surface area contributed by atoms with Crippen LogP contribution >= 0.6 is 0 Å². The SMILES string of the molecule is c1ccc(-c2c3ccccc3c(-c3cccc(-c4c5ccccc5c(-c5ccccc5)c5c4cnc4ccccc45)c3)c3cnc4ccccc4c23)cc1. The van der Waals surface area contributed by atoms with Crippen LogP contribution < -0.4 is 0 Å². The number of benzene rings is 9. The van der Waals surface area contributed by atoms with Gasteiger partial charge in [0.1, 0.15) is 0 Å². The lowest BCUT2D eigenvalue weighted by Gasteiger charge is -2.21. The molecule has 2 nitrogen and oxygen atoms in total. The van der Waals surface area contributed by atoms with E-state index in [0.717, 1.165) is 43.7 Å². The van der Waals surface area contributed by atoms with E-state index in [-0.39, 0.29) is 0 Å². The molecule has 2 heterocycles. The van der Waals surface area contributed by atoms with Gasteiger partial charge in [0.2, 0.25) is 0 Å². The third-order valence-electron chi connectivity index (χ3n) is 11.1. The maximum absolute atomic E-state index is 5.06. The second-order valence-corrected chi connectivity index (χ2v) is 14.0. The highest BCUT2D eigenvalue weighted by Gasteiger charge is 2.22. The van der Waals surface area contributed by atoms with Crippen LogP contribution in [0.25, 0.3) is 109 Å². The largest absolute Gasteiger partial charge is 0.256 e. The minimum Gasteiger partial charge on any atom is -0.256 e. The Labute approximate surface area is 312 Å². The molecule has 0 bridgehead atoms. The zero-order valence-corrected chi connectivity index (χ0v) is 29.4. The first-order chi connectivity index (χ1) is 26.8. The van der Waals surface area contributed by atoms with E-state index in [1.807, 2.05) is 0 Å². The number of hydrogen-bond donors (Lipinski definition) is 0. The minimum absolute atomic E-state index is 0.994. The molecule has 11 aromatic rings. The van der Waals surface area contributed by atoms with Gasteiger partial charge in [-0.1, -0.05) is 164 Å². The van der Waals surface area contributed by atoms with Gasteiger partial charge in [0.05, 0.1) is 11.0 Å². The number of rotatable bonds is 4. The van der Waals surface area contributed by atoms with Crippen molar-refractivity contribution in [1.29, 1.82) is 0 Å². The molecular weight excluding hydrogens is 653 g/mol. The second-order valence-electron chi connectivity index (χ2n) is 14.0. The van der Waals surface area contributed by atoms with Crippen LogP contribution in [0.1, 0.15) is 0 Å². The highest BCUT2D eigenvalue weighted by molar-refractivity contribution is 6.29. The summed E-state index contributed by atoms with van der Waals surface area (Å²) in [6.45, 7) is 0. The van der Waals surface area contributed by atoms with Gasteiger partial charge in [-0.05, 0) is 84.3 Å². The Morgan fingerprint density at radius 1 is 0.241 bits per heavy atom. The van der Waals surface area contributed by atoms with E-state index < -0.39 is 0 Å². The fourth-order valence-corrected chi connectivity index (χ4v) is 8.86. The van der Waals surface area contributed by atoms with Crippen molar-refractivity contribution in [3.05, 3.63) is 194 Å². The van der Waals surface area contributed by atoms with Gasteiger partial charge in [0, 0.05) is 44.7 Å². The molecule has 0 unspecified atom stereocenters. The van der Waals surface area contributed by atoms with Crippen molar-refractivity contribution in [2.24, 2.45) is 0 Å². The summed E-state index contributed by atoms with van der Waals surface area (Å²) in [6.07, 6.45) is 4.18. The Hall–Kier alpha value is -7.16. The molecule has 0 amide bonds. The molecule has 0 aliphatic carbocycles. The first kappa shape index (κ1) is 30.5. The summed E-state index contributed by atoms with van der Waals surface area (Å²) < 4.78 is 0. The summed E-state index contributed by atoms with van der Waals surface area (Å²) in [6, 6.07) is 65.5. The highest BCUT2D eigenvalue weighted by atomic mass is 14.7. The van der Waals surface area contributed by atoms with Crippen molar-refractivity contribution >= 4 is 64.9 Å². The van der Waals surface area contributed by atoms with Gasteiger partial charge in [-0.3, -0.25) is 9.97 Å². The standard InChI is InChI=1S/C52H32N2/c1-3-16-33(17-4-1)49-39-24-9-7-22-37(39)47(43-31-53-45-28-13-11-26-41(45)51(43)49)35-20-15-21-36(30-35)48-38-23-8-10-25-40(38)50(34-18-5-2-6-19-34)52-42-27-12-14-29-46(42)54-32-44(48)52/h1-32H. The van der Waals surface area contributed by atoms with Crippen molar-refractivity contribution in [3.63, 3.8) is 0 Å². The normalized spacial score (nSPS) is 11.7. The van der Waals surface area contributed by atoms with Crippen molar-refractivity contribution < 1.29 is 0 Å². The van der Waals surface area contributed by atoms with Crippen LogP contribution in [0.2, 0.25) is 0 Å². The fourth-order valence-electron chi connectivity index (χ4n) is 8.86. The van der Waals surface area contributed by atoms with Crippen molar-refractivity contribution in [1.82, 2.24) is 9.97 Å². The number of aromatic nitrogens is 2. The second kappa shape index (κ2) is 12.2. The monoisotopic (exact) mass is 684 g/mol. The van der Waals surface area contributed by atoms with E-state index in [0.29, 0.717) is 0 Å². The van der Waals surface area contributed by atoms with Gasteiger partial charge < -0.3 is 0 Å². The molecule has 0 atom stereocenters. The summed E-state index contributed by atoms with van der Waals surface area (Å²) in [7, 11) is 0. The Kier molecular flexibility index (Phi) is 6.90. The van der Waals surface area contributed by atoms with Gasteiger partial charge in [0.25, 0.3) is 0 Å². The third kappa shape index (κ3) is 4.60. The predicted octanol–water partition coefficient (Wildman–Crippen LogP) is 14.1.